The van der Waals surface area contributed by atoms with Gasteiger partial charge in [-0.1, -0.05) is 13.8 Å². The minimum Gasteiger partial charge on any atom is -0.481 e. The first-order valence-corrected chi connectivity index (χ1v) is 6.09. The molecule has 17 heavy (non-hydrogen) atoms. The maximum absolute atomic E-state index is 11.5. The average Bonchev–Trinajstić information content (AvgIpc) is 2.59. The molecular weight excluding hydrogens is 222 g/mol. The number of hydrogen-bond donors (Lipinski definition) is 1. The number of aliphatic carboxylic acids is 1. The Hall–Kier alpha value is -1.10. The quantitative estimate of drug-likeness (QED) is 0.677. The molecule has 0 aromatic rings. The van der Waals surface area contributed by atoms with Crippen LogP contribution in [0.4, 0.5) is 0 Å². The topological polar surface area (TPSA) is 66.8 Å². The summed E-state index contributed by atoms with van der Waals surface area (Å²) in [5.74, 6) is -0.947. The zero-order valence-corrected chi connectivity index (χ0v) is 10.5. The predicted molar refractivity (Wildman–Crippen MR) is 62.6 cm³/mol. The molecule has 1 unspecified atom stereocenters. The van der Waals surface area contributed by atoms with E-state index in [2.05, 4.69) is 13.8 Å². The van der Waals surface area contributed by atoms with Crippen LogP contribution in [0.25, 0.3) is 0 Å². The molecule has 0 radical (unpaired) electrons. The first kappa shape index (κ1) is 14.0. The Morgan fingerprint density at radius 3 is 2.82 bits per heavy atom. The van der Waals surface area contributed by atoms with Gasteiger partial charge in [0, 0.05) is 32.7 Å². The predicted octanol–water partition coefficient (Wildman–Crippen LogP) is 0.982. The average molecular weight is 243 g/mol. The molecule has 1 heterocycles. The lowest BCUT2D eigenvalue weighted by Gasteiger charge is -2.16. The van der Waals surface area contributed by atoms with Crippen molar-refractivity contribution in [3.63, 3.8) is 0 Å². The highest BCUT2D eigenvalue weighted by Gasteiger charge is 2.33. The maximum atomic E-state index is 11.5. The number of ether oxygens (including phenoxy) is 1. The van der Waals surface area contributed by atoms with E-state index in [4.69, 9.17) is 9.84 Å². The second-order valence-electron chi connectivity index (χ2n) is 4.90. The second kappa shape index (κ2) is 6.59. The van der Waals surface area contributed by atoms with Crippen LogP contribution in [0.2, 0.25) is 0 Å². The lowest BCUT2D eigenvalue weighted by Crippen LogP contribution is -2.28. The number of amides is 1. The maximum Gasteiger partial charge on any atom is 0.308 e. The van der Waals surface area contributed by atoms with Gasteiger partial charge >= 0.3 is 5.97 Å². The van der Waals surface area contributed by atoms with E-state index >= 15 is 0 Å². The normalized spacial score (nSPS) is 20.3. The molecule has 1 amide bonds. The third-order valence-corrected chi connectivity index (χ3v) is 2.73. The van der Waals surface area contributed by atoms with E-state index in [1.54, 1.807) is 4.90 Å². The summed E-state index contributed by atoms with van der Waals surface area (Å²) in [5, 5.41) is 8.82. The molecule has 0 spiro atoms. The van der Waals surface area contributed by atoms with E-state index in [0.717, 1.165) is 13.0 Å². The molecular formula is C12H21NO4. The number of carbonyl (C=O) groups excluding carboxylic acids is 1. The van der Waals surface area contributed by atoms with E-state index < -0.39 is 11.9 Å². The van der Waals surface area contributed by atoms with Crippen LogP contribution in [-0.4, -0.2) is 48.2 Å². The monoisotopic (exact) mass is 243 g/mol. The number of likely N-dealkylation sites (tertiary alicyclic amines) is 1. The summed E-state index contributed by atoms with van der Waals surface area (Å²) in [7, 11) is 0. The number of carboxylic acid groups (broad SMARTS) is 1. The van der Waals surface area contributed by atoms with Gasteiger partial charge in [0.2, 0.25) is 5.91 Å². The largest absolute Gasteiger partial charge is 0.481 e. The number of carboxylic acids is 1. The molecule has 5 nitrogen and oxygen atoms in total. The number of nitrogens with zero attached hydrogens (tertiary/aromatic N) is 1. The summed E-state index contributed by atoms with van der Waals surface area (Å²) < 4.78 is 5.41. The molecule has 5 heteroatoms. The Morgan fingerprint density at radius 1 is 1.59 bits per heavy atom. The lowest BCUT2D eigenvalue weighted by atomic mass is 10.1. The van der Waals surface area contributed by atoms with Crippen molar-refractivity contribution in [2.75, 3.05) is 26.3 Å². The van der Waals surface area contributed by atoms with Crippen LogP contribution in [0.1, 0.15) is 26.7 Å². The fourth-order valence-electron chi connectivity index (χ4n) is 1.83. The van der Waals surface area contributed by atoms with Crippen LogP contribution in [0.5, 0.6) is 0 Å². The summed E-state index contributed by atoms with van der Waals surface area (Å²) in [6.07, 6.45) is 0.910. The van der Waals surface area contributed by atoms with Crippen LogP contribution in [0.3, 0.4) is 0 Å². The molecule has 1 aliphatic rings. The zero-order chi connectivity index (χ0) is 12.8. The molecule has 1 aliphatic heterocycles. The summed E-state index contributed by atoms with van der Waals surface area (Å²) in [4.78, 5) is 23.8. The molecule has 0 aromatic carbocycles. The first-order chi connectivity index (χ1) is 8.00. The highest BCUT2D eigenvalue weighted by Crippen LogP contribution is 2.17. The summed E-state index contributed by atoms with van der Waals surface area (Å²) >= 11 is 0. The smallest absolute Gasteiger partial charge is 0.308 e. The minimum atomic E-state index is -0.878. The Kier molecular flexibility index (Phi) is 5.41. The van der Waals surface area contributed by atoms with Crippen molar-refractivity contribution in [2.24, 2.45) is 11.8 Å². The molecule has 0 aliphatic carbocycles. The fraction of sp³-hybridized carbons (Fsp3) is 0.833. The number of hydrogen-bond acceptors (Lipinski definition) is 3. The van der Waals surface area contributed by atoms with Crippen molar-refractivity contribution < 1.29 is 19.4 Å². The highest BCUT2D eigenvalue weighted by atomic mass is 16.5. The molecule has 1 saturated heterocycles. The van der Waals surface area contributed by atoms with Crippen LogP contribution in [-0.2, 0) is 14.3 Å². The van der Waals surface area contributed by atoms with Crippen molar-refractivity contribution in [2.45, 2.75) is 26.7 Å². The van der Waals surface area contributed by atoms with Gasteiger partial charge in [-0.25, -0.2) is 0 Å². The first-order valence-electron chi connectivity index (χ1n) is 6.09. The SMILES string of the molecule is CC(C)COCCCN1CC(C(=O)O)CC1=O. The van der Waals surface area contributed by atoms with Gasteiger partial charge in [0.1, 0.15) is 0 Å². The molecule has 98 valence electrons. The molecule has 1 N–H and O–H groups in total. The van der Waals surface area contributed by atoms with Gasteiger partial charge in [-0.2, -0.15) is 0 Å². The van der Waals surface area contributed by atoms with Crippen LogP contribution in [0, 0.1) is 11.8 Å². The lowest BCUT2D eigenvalue weighted by molar-refractivity contribution is -0.141. The van der Waals surface area contributed by atoms with Crippen molar-refractivity contribution in [3.8, 4) is 0 Å². The number of carbonyl (C=O) groups is 2. The Morgan fingerprint density at radius 2 is 2.29 bits per heavy atom. The Bertz CT molecular complexity index is 278. The van der Waals surface area contributed by atoms with Gasteiger partial charge in [0.25, 0.3) is 0 Å². The van der Waals surface area contributed by atoms with Crippen molar-refractivity contribution >= 4 is 11.9 Å². The van der Waals surface area contributed by atoms with Gasteiger partial charge in [-0.05, 0) is 12.3 Å². The standard InChI is InChI=1S/C12H21NO4/c1-9(2)8-17-5-3-4-13-7-10(12(15)16)6-11(13)14/h9-10H,3-8H2,1-2H3,(H,15,16). The summed E-state index contributed by atoms with van der Waals surface area (Å²) in [5.41, 5.74) is 0. The van der Waals surface area contributed by atoms with E-state index in [1.165, 1.54) is 0 Å². The van der Waals surface area contributed by atoms with Gasteiger partial charge in [0.15, 0.2) is 0 Å². The van der Waals surface area contributed by atoms with E-state index in [-0.39, 0.29) is 12.3 Å². The Labute approximate surface area is 102 Å². The van der Waals surface area contributed by atoms with E-state index in [9.17, 15) is 9.59 Å². The van der Waals surface area contributed by atoms with Gasteiger partial charge in [0.05, 0.1) is 5.92 Å². The summed E-state index contributed by atoms with van der Waals surface area (Å²) in [6, 6.07) is 0. The zero-order valence-electron chi connectivity index (χ0n) is 10.5. The van der Waals surface area contributed by atoms with Crippen molar-refractivity contribution in [3.05, 3.63) is 0 Å². The molecule has 0 saturated carbocycles. The van der Waals surface area contributed by atoms with E-state index in [1.807, 2.05) is 0 Å². The fourth-order valence-corrected chi connectivity index (χ4v) is 1.83. The molecule has 0 bridgehead atoms. The molecule has 1 rings (SSSR count). The summed E-state index contributed by atoms with van der Waals surface area (Å²) in [6.45, 7) is 6.47. The second-order valence-corrected chi connectivity index (χ2v) is 4.90. The third kappa shape index (κ3) is 4.73. The third-order valence-electron chi connectivity index (χ3n) is 2.73. The van der Waals surface area contributed by atoms with Crippen LogP contribution in [0.15, 0.2) is 0 Å². The van der Waals surface area contributed by atoms with Crippen molar-refractivity contribution in [1.29, 1.82) is 0 Å². The van der Waals surface area contributed by atoms with Gasteiger partial charge in [-0.15, -0.1) is 0 Å². The van der Waals surface area contributed by atoms with Crippen LogP contribution >= 0.6 is 0 Å². The Balaban J connectivity index is 2.15. The van der Waals surface area contributed by atoms with Crippen LogP contribution < -0.4 is 0 Å². The number of rotatable bonds is 7. The minimum absolute atomic E-state index is 0.0544. The van der Waals surface area contributed by atoms with Crippen molar-refractivity contribution in [1.82, 2.24) is 4.90 Å². The van der Waals surface area contributed by atoms with Gasteiger partial charge in [-0.3, -0.25) is 9.59 Å². The van der Waals surface area contributed by atoms with Gasteiger partial charge < -0.3 is 14.7 Å². The molecule has 1 atom stereocenters. The molecule has 0 aromatic heterocycles. The van der Waals surface area contributed by atoms with E-state index in [0.29, 0.717) is 25.6 Å². The molecule has 1 fully saturated rings. The highest BCUT2D eigenvalue weighted by molar-refractivity contribution is 5.86.